The number of hydrogen-bond donors (Lipinski definition) is 1. The molecule has 0 aliphatic carbocycles. The Hall–Kier alpha value is -0.454. The molecule has 0 saturated carbocycles. The van der Waals surface area contributed by atoms with Crippen molar-refractivity contribution in [2.24, 2.45) is 0 Å². The van der Waals surface area contributed by atoms with Crippen LogP contribution in [0.4, 0.5) is 0 Å². The van der Waals surface area contributed by atoms with E-state index in [-0.39, 0.29) is 52.8 Å². The molecule has 0 spiro atoms. The van der Waals surface area contributed by atoms with Gasteiger partial charge in [0, 0.05) is 0 Å². The maximum absolute atomic E-state index is 10.6. The summed E-state index contributed by atoms with van der Waals surface area (Å²) in [6.45, 7) is 0. The average Bonchev–Trinajstić information content (AvgIpc) is 2.30. The first-order valence-electron chi connectivity index (χ1n) is 4.66. The molecule has 0 aliphatic heterocycles. The van der Waals surface area contributed by atoms with Gasteiger partial charge in [-0.15, -0.1) is 0 Å². The van der Waals surface area contributed by atoms with Gasteiger partial charge in [-0.25, -0.2) is 4.79 Å². The van der Waals surface area contributed by atoms with Crippen LogP contribution in [0.1, 0.15) is 11.8 Å². The smallest absolute Gasteiger partial charge is 1.00 e. The fourth-order valence-electron chi connectivity index (χ4n) is 1.44. The van der Waals surface area contributed by atoms with Gasteiger partial charge < -0.3 is 6.53 Å². The normalized spacial score (nSPS) is 9.25. The van der Waals surface area contributed by atoms with Crippen molar-refractivity contribution in [3.05, 3.63) is 60.2 Å². The van der Waals surface area contributed by atoms with E-state index in [9.17, 15) is 4.79 Å². The second-order valence-corrected chi connectivity index (χ2v) is 3.25. The van der Waals surface area contributed by atoms with Crippen LogP contribution in [0.25, 0.3) is 11.1 Å². The van der Waals surface area contributed by atoms with E-state index in [1.807, 2.05) is 42.5 Å². The first-order valence-corrected chi connectivity index (χ1v) is 4.66. The van der Waals surface area contributed by atoms with Gasteiger partial charge in [0.15, 0.2) is 0 Å². The summed E-state index contributed by atoms with van der Waals surface area (Å²) in [5, 5.41) is 8.75. The molecule has 1 N–H and O–H groups in total. The Morgan fingerprint density at radius 2 is 1.38 bits per heavy atom. The van der Waals surface area contributed by atoms with Crippen molar-refractivity contribution in [3.63, 3.8) is 0 Å². The zero-order valence-corrected chi connectivity index (χ0v) is 12.2. The summed E-state index contributed by atoms with van der Waals surface area (Å²) < 4.78 is 0. The van der Waals surface area contributed by atoms with Crippen LogP contribution in [-0.2, 0) is 0 Å². The maximum Gasteiger partial charge on any atom is 1.00 e. The van der Waals surface area contributed by atoms with Gasteiger partial charge in [-0.1, -0.05) is 42.5 Å². The molecule has 2 rings (SSSR count). The number of carbonyl (C=O) groups is 1. The average molecular weight is 238 g/mol. The van der Waals surface area contributed by atoms with E-state index in [0.717, 1.165) is 11.1 Å². The largest absolute Gasteiger partial charge is 1.00 e. The van der Waals surface area contributed by atoms with Crippen LogP contribution in [-0.4, -0.2) is 11.1 Å². The topological polar surface area (TPSA) is 37.3 Å². The van der Waals surface area contributed by atoms with Crippen LogP contribution in [0.3, 0.4) is 0 Å². The van der Waals surface area contributed by atoms with Crippen molar-refractivity contribution in [3.8, 4) is 11.1 Å². The molecule has 0 aromatic heterocycles. The van der Waals surface area contributed by atoms with Crippen molar-refractivity contribution in [2.75, 3.05) is 0 Å². The summed E-state index contributed by atoms with van der Waals surface area (Å²) in [5.74, 6) is -0.894. The van der Waals surface area contributed by atoms with Gasteiger partial charge in [0.25, 0.3) is 0 Å². The molecule has 0 unspecified atom stereocenters. The summed E-state index contributed by atoms with van der Waals surface area (Å²) in [6.07, 6.45) is 0. The van der Waals surface area contributed by atoms with Gasteiger partial charge in [-0.05, 0) is 23.3 Å². The summed E-state index contributed by atoms with van der Waals surface area (Å²) in [4.78, 5) is 10.6. The molecule has 76 valence electrons. The maximum atomic E-state index is 10.6. The number of carboxylic acids is 1. The molecule has 0 fully saturated rings. The molecule has 16 heavy (non-hydrogen) atoms. The minimum absolute atomic E-state index is 0. The van der Waals surface area contributed by atoms with E-state index in [1.54, 1.807) is 12.1 Å². The second kappa shape index (κ2) is 6.32. The molecule has 0 amide bonds. The zero-order chi connectivity index (χ0) is 10.7. The monoisotopic (exact) mass is 238 g/mol. The van der Waals surface area contributed by atoms with Crippen LogP contribution in [0.15, 0.2) is 54.6 Å². The predicted octanol–water partition coefficient (Wildman–Crippen LogP) is 0.168. The molecule has 0 radical (unpaired) electrons. The molecule has 0 atom stereocenters. The molecule has 0 heterocycles. The molecule has 2 aromatic rings. The number of benzene rings is 2. The van der Waals surface area contributed by atoms with Gasteiger partial charge in [0.1, 0.15) is 0 Å². The molecule has 3 heteroatoms. The third kappa shape index (κ3) is 3.27. The van der Waals surface area contributed by atoms with Gasteiger partial charge in [0.2, 0.25) is 0 Å². The molecular formula is C13H11KO2. The fraction of sp³-hybridized carbons (Fsp3) is 0. The van der Waals surface area contributed by atoms with Crippen molar-refractivity contribution in [2.45, 2.75) is 0 Å². The van der Waals surface area contributed by atoms with Crippen LogP contribution < -0.4 is 51.4 Å². The van der Waals surface area contributed by atoms with Crippen molar-refractivity contribution in [1.82, 2.24) is 0 Å². The fourth-order valence-corrected chi connectivity index (χ4v) is 1.44. The number of hydrogen-bond acceptors (Lipinski definition) is 1. The minimum atomic E-state index is -0.894. The predicted molar refractivity (Wildman–Crippen MR) is 59.9 cm³/mol. The SMILES string of the molecule is O=C(O)c1ccc(-c2ccccc2)cc1.[H-].[K+]. The third-order valence-electron chi connectivity index (χ3n) is 2.24. The summed E-state index contributed by atoms with van der Waals surface area (Å²) in [7, 11) is 0. The first kappa shape index (κ1) is 13.6. The van der Waals surface area contributed by atoms with Crippen molar-refractivity contribution < 1.29 is 62.7 Å². The van der Waals surface area contributed by atoms with E-state index in [4.69, 9.17) is 5.11 Å². The quantitative estimate of drug-likeness (QED) is 0.757. The van der Waals surface area contributed by atoms with E-state index >= 15 is 0 Å². The summed E-state index contributed by atoms with van der Waals surface area (Å²) in [5.41, 5.74) is 2.43. The Labute approximate surface area is 138 Å². The zero-order valence-electron chi connectivity index (χ0n) is 10.1. The second-order valence-electron chi connectivity index (χ2n) is 3.25. The van der Waals surface area contributed by atoms with Crippen LogP contribution >= 0.6 is 0 Å². The summed E-state index contributed by atoms with van der Waals surface area (Å²) >= 11 is 0. The van der Waals surface area contributed by atoms with Gasteiger partial charge in [-0.3, -0.25) is 0 Å². The Morgan fingerprint density at radius 1 is 0.875 bits per heavy atom. The van der Waals surface area contributed by atoms with Gasteiger partial charge in [-0.2, -0.15) is 0 Å². The minimum Gasteiger partial charge on any atom is -1.00 e. The standard InChI is InChI=1S/C13H10O2.K.H/c14-13(15)12-8-6-11(7-9-12)10-4-2-1-3-5-10;;/h1-9H,(H,14,15);;/q;+1;-1. The molecule has 0 bridgehead atoms. The summed E-state index contributed by atoms with van der Waals surface area (Å²) in [6, 6.07) is 16.7. The Morgan fingerprint density at radius 3 is 1.88 bits per heavy atom. The molecule has 0 saturated heterocycles. The first-order chi connectivity index (χ1) is 7.27. The van der Waals surface area contributed by atoms with E-state index in [2.05, 4.69) is 0 Å². The van der Waals surface area contributed by atoms with Crippen molar-refractivity contribution >= 4 is 5.97 Å². The third-order valence-corrected chi connectivity index (χ3v) is 2.24. The molecular weight excluding hydrogens is 227 g/mol. The van der Waals surface area contributed by atoms with Crippen LogP contribution in [0.2, 0.25) is 0 Å². The van der Waals surface area contributed by atoms with Crippen LogP contribution in [0, 0.1) is 0 Å². The molecule has 2 aromatic carbocycles. The van der Waals surface area contributed by atoms with Crippen molar-refractivity contribution in [1.29, 1.82) is 0 Å². The van der Waals surface area contributed by atoms with Gasteiger partial charge in [0.05, 0.1) is 5.56 Å². The Kier molecular flexibility index (Phi) is 5.38. The van der Waals surface area contributed by atoms with E-state index in [1.165, 1.54) is 0 Å². The number of aromatic carboxylic acids is 1. The molecule has 0 aliphatic rings. The number of rotatable bonds is 2. The molecule has 2 nitrogen and oxygen atoms in total. The van der Waals surface area contributed by atoms with Gasteiger partial charge >= 0.3 is 57.4 Å². The van der Waals surface area contributed by atoms with E-state index in [0.29, 0.717) is 5.56 Å². The number of carboxylic acid groups (broad SMARTS) is 1. The Bertz CT molecular complexity index is 469. The Balaban J connectivity index is 0.00000128. The van der Waals surface area contributed by atoms with Crippen LogP contribution in [0.5, 0.6) is 0 Å². The van der Waals surface area contributed by atoms with E-state index < -0.39 is 5.97 Å².